The highest BCUT2D eigenvalue weighted by atomic mass is 16.5. The van der Waals surface area contributed by atoms with Gasteiger partial charge in [0.25, 0.3) is 5.91 Å². The van der Waals surface area contributed by atoms with E-state index in [4.69, 9.17) is 4.52 Å². The normalized spacial score (nSPS) is 13.6. The SMILES string of the molecule is Cc1onc(-c2ccccc2)c1C(=O)c1c[nH]c2cc(C(=O)NC3CC3)ccc12. The quantitative estimate of drug-likeness (QED) is 0.503. The summed E-state index contributed by atoms with van der Waals surface area (Å²) >= 11 is 0. The van der Waals surface area contributed by atoms with Crippen LogP contribution in [-0.4, -0.2) is 27.9 Å². The molecule has 6 nitrogen and oxygen atoms in total. The maximum atomic E-state index is 13.4. The highest BCUT2D eigenvalue weighted by molar-refractivity contribution is 6.19. The number of hydrogen-bond acceptors (Lipinski definition) is 4. The Hall–Kier alpha value is -3.67. The maximum Gasteiger partial charge on any atom is 0.251 e. The zero-order valence-electron chi connectivity index (χ0n) is 15.9. The van der Waals surface area contributed by atoms with E-state index in [0.717, 1.165) is 29.3 Å². The molecule has 1 amide bonds. The molecule has 0 radical (unpaired) electrons. The number of fused-ring (bicyclic) bond motifs is 1. The Balaban J connectivity index is 1.52. The number of nitrogens with zero attached hydrogens (tertiary/aromatic N) is 1. The van der Waals surface area contributed by atoms with Crippen molar-refractivity contribution in [3.8, 4) is 11.3 Å². The number of aryl methyl sites for hydroxylation is 1. The van der Waals surface area contributed by atoms with Gasteiger partial charge in [-0.1, -0.05) is 41.6 Å². The summed E-state index contributed by atoms with van der Waals surface area (Å²) in [5, 5.41) is 7.85. The second-order valence-electron chi connectivity index (χ2n) is 7.37. The number of hydrogen-bond donors (Lipinski definition) is 2. The lowest BCUT2D eigenvalue weighted by atomic mass is 9.97. The number of carbonyl (C=O) groups excluding carboxylic acids is 2. The summed E-state index contributed by atoms with van der Waals surface area (Å²) in [7, 11) is 0. The van der Waals surface area contributed by atoms with Gasteiger partial charge in [-0.2, -0.15) is 0 Å². The van der Waals surface area contributed by atoms with Crippen LogP contribution in [0.2, 0.25) is 0 Å². The number of amides is 1. The molecule has 0 unspecified atom stereocenters. The molecule has 1 saturated carbocycles. The van der Waals surface area contributed by atoms with Crippen LogP contribution in [0.3, 0.4) is 0 Å². The first-order valence-electron chi connectivity index (χ1n) is 9.60. The predicted molar refractivity (Wildman–Crippen MR) is 109 cm³/mol. The molecule has 2 aromatic carbocycles. The average Bonchev–Trinajstić information content (AvgIpc) is 3.32. The summed E-state index contributed by atoms with van der Waals surface area (Å²) in [6, 6.07) is 15.1. The zero-order chi connectivity index (χ0) is 20.0. The van der Waals surface area contributed by atoms with Crippen LogP contribution in [0.25, 0.3) is 22.2 Å². The minimum atomic E-state index is -0.163. The van der Waals surface area contributed by atoms with Crippen molar-refractivity contribution in [1.29, 1.82) is 0 Å². The van der Waals surface area contributed by atoms with Gasteiger partial charge in [0, 0.05) is 39.8 Å². The van der Waals surface area contributed by atoms with Crippen LogP contribution >= 0.6 is 0 Å². The third-order valence-corrected chi connectivity index (χ3v) is 5.24. The number of aromatic amines is 1. The van der Waals surface area contributed by atoms with Gasteiger partial charge in [-0.15, -0.1) is 0 Å². The number of rotatable bonds is 5. The number of H-pyrrole nitrogens is 1. The van der Waals surface area contributed by atoms with Crippen LogP contribution in [-0.2, 0) is 0 Å². The lowest BCUT2D eigenvalue weighted by Gasteiger charge is -2.04. The van der Waals surface area contributed by atoms with E-state index in [0.29, 0.717) is 34.2 Å². The summed E-state index contributed by atoms with van der Waals surface area (Å²) in [6.07, 6.45) is 3.75. The van der Waals surface area contributed by atoms with E-state index in [-0.39, 0.29) is 11.7 Å². The van der Waals surface area contributed by atoms with E-state index in [1.165, 1.54) is 0 Å². The molecule has 4 aromatic rings. The minimum absolute atomic E-state index is 0.0851. The van der Waals surface area contributed by atoms with E-state index in [2.05, 4.69) is 15.5 Å². The highest BCUT2D eigenvalue weighted by Crippen LogP contribution is 2.30. The molecular formula is C23H19N3O3. The Morgan fingerprint density at radius 2 is 1.93 bits per heavy atom. The molecule has 0 aliphatic heterocycles. The molecule has 0 atom stereocenters. The molecule has 5 rings (SSSR count). The van der Waals surface area contributed by atoms with Crippen LogP contribution < -0.4 is 5.32 Å². The predicted octanol–water partition coefficient (Wildman–Crippen LogP) is 4.25. The standard InChI is InChI=1S/C23H19N3O3/c1-13-20(21(26-29-13)14-5-3-2-4-6-14)22(27)18-12-24-19-11-15(7-10-17(18)19)23(28)25-16-8-9-16/h2-7,10-12,16,24H,8-9H2,1H3,(H,25,28). The Kier molecular flexibility index (Phi) is 4.05. The fourth-order valence-electron chi connectivity index (χ4n) is 3.52. The summed E-state index contributed by atoms with van der Waals surface area (Å²) in [5.41, 5.74) is 3.66. The van der Waals surface area contributed by atoms with Crippen molar-refractivity contribution in [2.24, 2.45) is 0 Å². The van der Waals surface area contributed by atoms with E-state index in [9.17, 15) is 9.59 Å². The van der Waals surface area contributed by atoms with Crippen LogP contribution in [0.5, 0.6) is 0 Å². The first-order chi connectivity index (χ1) is 14.1. The topological polar surface area (TPSA) is 88.0 Å². The van der Waals surface area contributed by atoms with Crippen molar-refractivity contribution in [3.05, 3.63) is 77.2 Å². The number of aromatic nitrogens is 2. The molecule has 0 spiro atoms. The lowest BCUT2D eigenvalue weighted by molar-refractivity contribution is 0.0950. The van der Waals surface area contributed by atoms with Crippen LogP contribution in [0.1, 0.15) is 44.9 Å². The van der Waals surface area contributed by atoms with Crippen LogP contribution in [0, 0.1) is 6.92 Å². The molecular weight excluding hydrogens is 366 g/mol. The van der Waals surface area contributed by atoms with Crippen molar-refractivity contribution < 1.29 is 14.1 Å². The van der Waals surface area contributed by atoms with Crippen LogP contribution in [0.15, 0.2) is 59.3 Å². The fraction of sp³-hybridized carbons (Fsp3) is 0.174. The summed E-state index contributed by atoms with van der Waals surface area (Å²) < 4.78 is 5.34. The third kappa shape index (κ3) is 3.12. The smallest absolute Gasteiger partial charge is 0.251 e. The summed E-state index contributed by atoms with van der Waals surface area (Å²) in [4.78, 5) is 28.8. The molecule has 1 aliphatic carbocycles. The monoisotopic (exact) mass is 385 g/mol. The molecule has 1 fully saturated rings. The molecule has 2 heterocycles. The van der Waals surface area contributed by atoms with Gasteiger partial charge < -0.3 is 14.8 Å². The first kappa shape index (κ1) is 17.4. The highest BCUT2D eigenvalue weighted by Gasteiger charge is 2.26. The first-order valence-corrected chi connectivity index (χ1v) is 9.60. The van der Waals surface area contributed by atoms with Crippen molar-refractivity contribution >= 4 is 22.6 Å². The molecule has 144 valence electrons. The Morgan fingerprint density at radius 3 is 2.69 bits per heavy atom. The second-order valence-corrected chi connectivity index (χ2v) is 7.37. The molecule has 2 N–H and O–H groups in total. The molecule has 0 saturated heterocycles. The van der Waals surface area contributed by atoms with Crippen molar-refractivity contribution in [2.45, 2.75) is 25.8 Å². The molecule has 0 bridgehead atoms. The number of ketones is 1. The summed E-state index contributed by atoms with van der Waals surface area (Å²) in [6.45, 7) is 1.74. The largest absolute Gasteiger partial charge is 0.360 e. The van der Waals surface area contributed by atoms with Gasteiger partial charge in [0.05, 0.1) is 5.56 Å². The van der Waals surface area contributed by atoms with Crippen molar-refractivity contribution in [2.75, 3.05) is 0 Å². The molecule has 1 aliphatic rings. The van der Waals surface area contributed by atoms with Gasteiger partial charge in [-0.3, -0.25) is 9.59 Å². The lowest BCUT2D eigenvalue weighted by Crippen LogP contribution is -2.25. The van der Waals surface area contributed by atoms with Gasteiger partial charge in [0.15, 0.2) is 0 Å². The van der Waals surface area contributed by atoms with Gasteiger partial charge >= 0.3 is 0 Å². The third-order valence-electron chi connectivity index (χ3n) is 5.24. The average molecular weight is 385 g/mol. The minimum Gasteiger partial charge on any atom is -0.360 e. The van der Waals surface area contributed by atoms with Crippen LogP contribution in [0.4, 0.5) is 0 Å². The summed E-state index contributed by atoms with van der Waals surface area (Å²) in [5.74, 6) is 0.228. The maximum absolute atomic E-state index is 13.4. The Morgan fingerprint density at radius 1 is 1.14 bits per heavy atom. The Labute approximate surface area is 166 Å². The number of benzene rings is 2. The van der Waals surface area contributed by atoms with E-state index in [1.807, 2.05) is 36.4 Å². The zero-order valence-corrected chi connectivity index (χ0v) is 15.9. The van der Waals surface area contributed by atoms with Gasteiger partial charge in [-0.05, 0) is 31.9 Å². The fourth-order valence-corrected chi connectivity index (χ4v) is 3.52. The Bertz CT molecular complexity index is 1230. The van der Waals surface area contributed by atoms with Gasteiger partial charge in [0.1, 0.15) is 11.5 Å². The van der Waals surface area contributed by atoms with Gasteiger partial charge in [-0.25, -0.2) is 0 Å². The van der Waals surface area contributed by atoms with E-state index in [1.54, 1.807) is 25.3 Å². The van der Waals surface area contributed by atoms with Gasteiger partial charge in [0.2, 0.25) is 5.78 Å². The van der Waals surface area contributed by atoms with Crippen molar-refractivity contribution in [3.63, 3.8) is 0 Å². The molecule has 2 aromatic heterocycles. The number of nitrogens with one attached hydrogen (secondary N) is 2. The second kappa shape index (κ2) is 6.74. The van der Waals surface area contributed by atoms with E-state index < -0.39 is 0 Å². The van der Waals surface area contributed by atoms with Crippen molar-refractivity contribution in [1.82, 2.24) is 15.5 Å². The number of carbonyl (C=O) groups is 2. The van der Waals surface area contributed by atoms with E-state index >= 15 is 0 Å². The molecule has 6 heteroatoms. The molecule has 29 heavy (non-hydrogen) atoms.